The van der Waals surface area contributed by atoms with Crippen LogP contribution in [0.5, 0.6) is 5.75 Å². The minimum Gasteiger partial charge on any atom is -0.496 e. The number of carbonyl (C=O) groups is 2. The molecule has 2 fully saturated rings. The average molecular weight is 573 g/mol. The molecule has 0 spiro atoms. The number of anilines is 2. The van der Waals surface area contributed by atoms with Gasteiger partial charge in [-0.25, -0.2) is 0 Å². The van der Waals surface area contributed by atoms with E-state index in [4.69, 9.17) is 4.74 Å². The highest BCUT2D eigenvalue weighted by Crippen LogP contribution is 2.32. The van der Waals surface area contributed by atoms with Crippen LogP contribution in [0.15, 0.2) is 34.8 Å². The number of methoxy groups -OCH3 is 1. The molecule has 1 aliphatic carbocycles. The van der Waals surface area contributed by atoms with E-state index >= 15 is 0 Å². The Kier molecular flexibility index (Phi) is 11.0. The molecule has 2 aliphatic rings. The second kappa shape index (κ2) is 14.0. The topological polar surface area (TPSA) is 79.5 Å². The lowest BCUT2D eigenvalue weighted by molar-refractivity contribution is -0.121. The van der Waals surface area contributed by atoms with E-state index in [9.17, 15) is 9.59 Å². The Morgan fingerprint density at radius 1 is 1.05 bits per heavy atom. The first-order valence-corrected chi connectivity index (χ1v) is 14.3. The number of benzene rings is 2. The Morgan fingerprint density at radius 2 is 1.76 bits per heavy atom. The van der Waals surface area contributed by atoms with Crippen LogP contribution in [0.1, 0.15) is 74.4 Å². The van der Waals surface area contributed by atoms with Crippen LogP contribution in [0.3, 0.4) is 0 Å². The van der Waals surface area contributed by atoms with Gasteiger partial charge in [0.15, 0.2) is 5.78 Å². The lowest BCUT2D eigenvalue weighted by Gasteiger charge is -2.29. The van der Waals surface area contributed by atoms with Gasteiger partial charge in [-0.15, -0.1) is 0 Å². The molecule has 1 saturated carbocycles. The molecule has 1 heterocycles. The molecule has 0 atom stereocenters. The summed E-state index contributed by atoms with van der Waals surface area (Å²) >= 11 is 3.55. The van der Waals surface area contributed by atoms with Crippen LogP contribution < -0.4 is 20.7 Å². The van der Waals surface area contributed by atoms with Crippen molar-refractivity contribution in [3.63, 3.8) is 0 Å². The number of ketones is 1. The largest absolute Gasteiger partial charge is 0.496 e. The molecular formula is C30H42BrN3O3. The number of carbonyl (C=O) groups excluding carboxylic acids is 2. The molecule has 37 heavy (non-hydrogen) atoms. The molecule has 0 aromatic heterocycles. The quantitative estimate of drug-likeness (QED) is 0.305. The standard InChI is InChI=1S/C17H25NO2.C13H17BrN2O/c1-4-13-6-8-14(9-7-13)17(19)18-15-10-5-12(2)16(11-15)20-3;1-3-11-12(8(2)17)4-9(5-13(11)14)16-10-6-15-7-10/h5,10-11,13-14H,4,6-9H2,1-3H3,(H,18,19);4-5,10,15-16H,3,6-7H2,1-2H3. The zero-order valence-corrected chi connectivity index (χ0v) is 24.5. The highest BCUT2D eigenvalue weighted by molar-refractivity contribution is 9.10. The predicted molar refractivity (Wildman–Crippen MR) is 156 cm³/mol. The molecule has 1 aliphatic heterocycles. The van der Waals surface area contributed by atoms with E-state index in [1.165, 1.54) is 19.3 Å². The number of hydrogen-bond donors (Lipinski definition) is 3. The number of aryl methyl sites for hydroxylation is 1. The summed E-state index contributed by atoms with van der Waals surface area (Å²) in [6, 6.07) is 10.3. The second-order valence-electron chi connectivity index (χ2n) is 10.2. The van der Waals surface area contributed by atoms with Crippen molar-refractivity contribution in [2.75, 3.05) is 30.8 Å². The zero-order chi connectivity index (χ0) is 26.9. The Labute approximate surface area is 230 Å². The first-order chi connectivity index (χ1) is 17.7. The maximum atomic E-state index is 12.3. The molecule has 2 aromatic carbocycles. The maximum Gasteiger partial charge on any atom is 0.227 e. The summed E-state index contributed by atoms with van der Waals surface area (Å²) in [6.07, 6.45) is 6.52. The zero-order valence-electron chi connectivity index (χ0n) is 22.9. The third-order valence-electron chi connectivity index (χ3n) is 7.55. The van der Waals surface area contributed by atoms with Gasteiger partial charge in [-0.1, -0.05) is 42.3 Å². The van der Waals surface area contributed by atoms with E-state index in [-0.39, 0.29) is 17.6 Å². The normalized spacial score (nSPS) is 19.2. The fraction of sp³-hybridized carbons (Fsp3) is 0.533. The van der Waals surface area contributed by atoms with Gasteiger partial charge in [0.1, 0.15) is 5.75 Å². The summed E-state index contributed by atoms with van der Waals surface area (Å²) in [4.78, 5) is 23.9. The number of Topliss-reactive ketones (excluding diaryl/α,β-unsaturated/α-hetero) is 1. The molecule has 6 nitrogen and oxygen atoms in total. The van der Waals surface area contributed by atoms with Crippen molar-refractivity contribution < 1.29 is 14.3 Å². The number of hydrogen-bond acceptors (Lipinski definition) is 5. The fourth-order valence-electron chi connectivity index (χ4n) is 4.99. The highest BCUT2D eigenvalue weighted by atomic mass is 79.9. The number of ether oxygens (including phenoxy) is 1. The van der Waals surface area contributed by atoms with Gasteiger partial charge in [0.05, 0.1) is 13.2 Å². The Bertz CT molecular complexity index is 1080. The summed E-state index contributed by atoms with van der Waals surface area (Å²) in [5, 5.41) is 9.66. The summed E-state index contributed by atoms with van der Waals surface area (Å²) in [7, 11) is 1.65. The van der Waals surface area contributed by atoms with Gasteiger partial charge in [0, 0.05) is 46.5 Å². The van der Waals surface area contributed by atoms with Crippen molar-refractivity contribution >= 4 is 39.0 Å². The third kappa shape index (κ3) is 8.05. The van der Waals surface area contributed by atoms with Crippen LogP contribution in [0.25, 0.3) is 0 Å². The predicted octanol–water partition coefficient (Wildman–Crippen LogP) is 6.76. The van der Waals surface area contributed by atoms with Crippen LogP contribution in [-0.2, 0) is 11.2 Å². The van der Waals surface area contributed by atoms with Gasteiger partial charge in [-0.3, -0.25) is 9.59 Å². The summed E-state index contributed by atoms with van der Waals surface area (Å²) in [5.41, 5.74) is 4.83. The van der Waals surface area contributed by atoms with Gasteiger partial charge in [-0.05, 0) is 81.2 Å². The molecule has 0 bridgehead atoms. The lowest BCUT2D eigenvalue weighted by Crippen LogP contribution is -2.51. The Balaban J connectivity index is 0.000000208. The van der Waals surface area contributed by atoms with Crippen molar-refractivity contribution in [2.24, 2.45) is 11.8 Å². The monoisotopic (exact) mass is 571 g/mol. The molecule has 3 N–H and O–H groups in total. The maximum absolute atomic E-state index is 12.3. The summed E-state index contributed by atoms with van der Waals surface area (Å²) < 4.78 is 6.31. The van der Waals surface area contributed by atoms with Crippen LogP contribution in [0.2, 0.25) is 0 Å². The third-order valence-corrected chi connectivity index (χ3v) is 8.26. The second-order valence-corrected chi connectivity index (χ2v) is 11.0. The molecule has 0 unspecified atom stereocenters. The Morgan fingerprint density at radius 3 is 2.30 bits per heavy atom. The van der Waals surface area contributed by atoms with Crippen molar-refractivity contribution in [2.45, 2.75) is 72.3 Å². The van der Waals surface area contributed by atoms with Crippen LogP contribution in [0, 0.1) is 18.8 Å². The smallest absolute Gasteiger partial charge is 0.227 e. The molecule has 0 radical (unpaired) electrons. The highest BCUT2D eigenvalue weighted by Gasteiger charge is 2.25. The van der Waals surface area contributed by atoms with Crippen molar-refractivity contribution in [3.05, 3.63) is 51.5 Å². The van der Waals surface area contributed by atoms with Gasteiger partial charge >= 0.3 is 0 Å². The SMILES string of the molecule is CCC1CCC(C(=O)Nc2ccc(C)c(OC)c2)CC1.CCc1c(Br)cc(NC2CNC2)cc1C(C)=O. The summed E-state index contributed by atoms with van der Waals surface area (Å²) in [5.74, 6) is 2.09. The average Bonchev–Trinajstić information content (AvgIpc) is 2.87. The van der Waals surface area contributed by atoms with Gasteiger partial charge in [-0.2, -0.15) is 0 Å². The molecular weight excluding hydrogens is 530 g/mol. The van der Waals surface area contributed by atoms with Crippen molar-refractivity contribution in [3.8, 4) is 5.75 Å². The Hall–Kier alpha value is -2.38. The van der Waals surface area contributed by atoms with Gasteiger partial charge in [0.2, 0.25) is 5.91 Å². The lowest BCUT2D eigenvalue weighted by atomic mass is 9.80. The first-order valence-electron chi connectivity index (χ1n) is 13.5. The number of rotatable bonds is 8. The molecule has 202 valence electrons. The minimum atomic E-state index is 0.123. The number of amides is 1. The first kappa shape index (κ1) is 29.2. The molecule has 2 aromatic rings. The summed E-state index contributed by atoms with van der Waals surface area (Å²) in [6.45, 7) is 9.90. The van der Waals surface area contributed by atoms with E-state index in [1.807, 2.05) is 31.2 Å². The van der Waals surface area contributed by atoms with E-state index in [1.54, 1.807) is 14.0 Å². The van der Waals surface area contributed by atoms with Gasteiger partial charge < -0.3 is 20.7 Å². The van der Waals surface area contributed by atoms with Crippen LogP contribution >= 0.6 is 15.9 Å². The minimum absolute atomic E-state index is 0.123. The van der Waals surface area contributed by atoms with E-state index < -0.39 is 0 Å². The van der Waals surface area contributed by atoms with E-state index in [0.29, 0.717) is 6.04 Å². The van der Waals surface area contributed by atoms with Crippen LogP contribution in [0.4, 0.5) is 11.4 Å². The number of halogens is 1. The molecule has 1 saturated heterocycles. The van der Waals surface area contributed by atoms with Crippen LogP contribution in [-0.4, -0.2) is 37.9 Å². The van der Waals surface area contributed by atoms with E-state index in [2.05, 4.69) is 51.8 Å². The van der Waals surface area contributed by atoms with Crippen molar-refractivity contribution in [1.82, 2.24) is 5.32 Å². The molecule has 4 rings (SSSR count). The molecule has 1 amide bonds. The fourth-order valence-corrected chi connectivity index (χ4v) is 5.74. The van der Waals surface area contributed by atoms with Gasteiger partial charge in [0.25, 0.3) is 0 Å². The van der Waals surface area contributed by atoms with E-state index in [0.717, 1.165) is 76.6 Å². The molecule has 7 heteroatoms. The van der Waals surface area contributed by atoms with Crippen molar-refractivity contribution in [1.29, 1.82) is 0 Å². The number of nitrogens with one attached hydrogen (secondary N) is 3.